The molecular weight excluding hydrogens is 338 g/mol. The third-order valence-corrected chi connectivity index (χ3v) is 5.80. The molecule has 0 spiro atoms. The predicted octanol–water partition coefficient (Wildman–Crippen LogP) is 2.77. The van der Waals surface area contributed by atoms with Gasteiger partial charge in [0.15, 0.2) is 5.06 Å². The molecule has 1 aromatic carbocycles. The van der Waals surface area contributed by atoms with Crippen molar-refractivity contribution in [1.29, 1.82) is 0 Å². The van der Waals surface area contributed by atoms with E-state index >= 15 is 0 Å². The van der Waals surface area contributed by atoms with E-state index in [1.54, 1.807) is 37.6 Å². The van der Waals surface area contributed by atoms with Crippen LogP contribution in [0, 0.1) is 5.92 Å². The number of nitrogens with zero attached hydrogens (tertiary/aromatic N) is 2. The van der Waals surface area contributed by atoms with Crippen LogP contribution in [0.5, 0.6) is 16.0 Å². The number of piperidine rings is 3. The van der Waals surface area contributed by atoms with E-state index in [2.05, 4.69) is 15.2 Å². The second-order valence-corrected chi connectivity index (χ2v) is 7.45. The Hall–Kier alpha value is -2.12. The summed E-state index contributed by atoms with van der Waals surface area (Å²) in [7, 11) is 1.60. The van der Waals surface area contributed by atoms with Crippen molar-refractivity contribution in [1.82, 2.24) is 15.2 Å². The molecule has 3 fully saturated rings. The molecule has 3 aliphatic heterocycles. The summed E-state index contributed by atoms with van der Waals surface area (Å²) in [6.45, 7) is 3.32. The van der Waals surface area contributed by atoms with E-state index in [9.17, 15) is 4.79 Å². The summed E-state index contributed by atoms with van der Waals surface area (Å²) < 4.78 is 10.8. The molecule has 1 aromatic heterocycles. The van der Waals surface area contributed by atoms with Crippen molar-refractivity contribution in [3.05, 3.63) is 36.0 Å². The predicted molar refractivity (Wildman–Crippen MR) is 95.6 cm³/mol. The van der Waals surface area contributed by atoms with Crippen molar-refractivity contribution >= 4 is 17.2 Å². The zero-order valence-corrected chi connectivity index (χ0v) is 14.9. The Bertz CT molecular complexity index is 738. The number of nitrogens with one attached hydrogen (secondary N) is 1. The van der Waals surface area contributed by atoms with E-state index in [1.807, 2.05) is 0 Å². The number of aromatic nitrogens is 1. The highest BCUT2D eigenvalue weighted by Gasteiger charge is 2.34. The van der Waals surface area contributed by atoms with E-state index in [0.29, 0.717) is 27.5 Å². The minimum absolute atomic E-state index is 0.0128. The van der Waals surface area contributed by atoms with Crippen LogP contribution in [0.4, 0.5) is 0 Å². The van der Waals surface area contributed by atoms with Gasteiger partial charge in [-0.2, -0.15) is 0 Å². The molecule has 25 heavy (non-hydrogen) atoms. The van der Waals surface area contributed by atoms with Gasteiger partial charge in [0.25, 0.3) is 11.1 Å². The minimum Gasteiger partial charge on any atom is -0.486 e. The van der Waals surface area contributed by atoms with Crippen LogP contribution in [0.15, 0.2) is 30.5 Å². The Morgan fingerprint density at radius 2 is 2.04 bits per heavy atom. The van der Waals surface area contributed by atoms with E-state index in [0.717, 1.165) is 6.54 Å². The summed E-state index contributed by atoms with van der Waals surface area (Å²) in [5.74, 6) is 1.26. The lowest BCUT2D eigenvalue weighted by molar-refractivity contribution is 0.0620. The Morgan fingerprint density at radius 3 is 2.64 bits per heavy atom. The van der Waals surface area contributed by atoms with Gasteiger partial charge in [0.1, 0.15) is 5.75 Å². The molecule has 1 N–H and O–H groups in total. The van der Waals surface area contributed by atoms with E-state index in [1.165, 1.54) is 37.3 Å². The van der Waals surface area contributed by atoms with Gasteiger partial charge in [0.2, 0.25) is 0 Å². The molecule has 7 heteroatoms. The first-order valence-electron chi connectivity index (χ1n) is 8.52. The molecule has 0 unspecified atom stereocenters. The maximum absolute atomic E-state index is 12.5. The van der Waals surface area contributed by atoms with E-state index in [4.69, 9.17) is 9.47 Å². The second-order valence-electron chi connectivity index (χ2n) is 6.49. The smallest absolute Gasteiger partial charge is 0.282 e. The molecule has 0 saturated carbocycles. The topological polar surface area (TPSA) is 63.7 Å². The van der Waals surface area contributed by atoms with E-state index < -0.39 is 0 Å². The van der Waals surface area contributed by atoms with Crippen LogP contribution in [0.25, 0.3) is 0 Å². The van der Waals surface area contributed by atoms with Gasteiger partial charge in [0.05, 0.1) is 13.3 Å². The Kier molecular flexibility index (Phi) is 4.59. The first-order valence-corrected chi connectivity index (χ1v) is 9.34. The highest BCUT2D eigenvalue weighted by atomic mass is 32.1. The van der Waals surface area contributed by atoms with Gasteiger partial charge in [-0.15, -0.1) is 0 Å². The fourth-order valence-corrected chi connectivity index (χ4v) is 4.15. The van der Waals surface area contributed by atoms with Gasteiger partial charge in [-0.25, -0.2) is 4.98 Å². The van der Waals surface area contributed by atoms with Crippen LogP contribution in [0.1, 0.15) is 23.2 Å². The molecule has 3 saturated heterocycles. The number of rotatable bonds is 5. The van der Waals surface area contributed by atoms with Crippen molar-refractivity contribution in [3.63, 3.8) is 0 Å². The van der Waals surface area contributed by atoms with E-state index in [-0.39, 0.29) is 11.9 Å². The van der Waals surface area contributed by atoms with Gasteiger partial charge in [-0.05, 0) is 67.5 Å². The second kappa shape index (κ2) is 7.01. The zero-order chi connectivity index (χ0) is 17.2. The molecule has 6 nitrogen and oxygen atoms in total. The lowest BCUT2D eigenvalue weighted by atomic mass is 9.84. The number of hydrogen-bond acceptors (Lipinski definition) is 6. The van der Waals surface area contributed by atoms with Crippen LogP contribution in [-0.4, -0.2) is 48.6 Å². The van der Waals surface area contributed by atoms with Crippen LogP contribution < -0.4 is 14.8 Å². The number of ether oxygens (including phenoxy) is 2. The molecule has 0 radical (unpaired) electrons. The van der Waals surface area contributed by atoms with Gasteiger partial charge in [-0.3, -0.25) is 4.79 Å². The Labute approximate surface area is 150 Å². The number of fused-ring (bicyclic) bond motifs is 3. The van der Waals surface area contributed by atoms with Crippen molar-refractivity contribution in [2.45, 2.75) is 18.9 Å². The molecule has 4 heterocycles. The third kappa shape index (κ3) is 3.62. The number of carbonyl (C=O) groups excluding carboxylic acids is 1. The van der Waals surface area contributed by atoms with Crippen LogP contribution >= 0.6 is 11.3 Å². The van der Waals surface area contributed by atoms with Crippen molar-refractivity contribution in [3.8, 4) is 16.0 Å². The number of methoxy groups -OCH3 is 1. The highest BCUT2D eigenvalue weighted by Crippen LogP contribution is 2.31. The van der Waals surface area contributed by atoms with Crippen molar-refractivity contribution in [2.24, 2.45) is 5.92 Å². The average Bonchev–Trinajstić information content (AvgIpc) is 3.11. The summed E-state index contributed by atoms with van der Waals surface area (Å²) in [5, 5.41) is 4.41. The summed E-state index contributed by atoms with van der Waals surface area (Å²) in [4.78, 5) is 19.1. The first-order chi connectivity index (χ1) is 12.2. The SMILES string of the molecule is COc1cnc(Oc2ccc(C(=O)N[C@H]3CN4CCC3CC4)cc2)s1. The lowest BCUT2D eigenvalue weighted by Gasteiger charge is -2.44. The third-order valence-electron chi connectivity index (χ3n) is 4.96. The lowest BCUT2D eigenvalue weighted by Crippen LogP contribution is -2.57. The van der Waals surface area contributed by atoms with Crippen molar-refractivity contribution in [2.75, 3.05) is 26.7 Å². The number of amides is 1. The standard InChI is InChI=1S/C18H21N3O3S/c1-23-16-10-19-18(25-16)24-14-4-2-13(3-5-14)17(22)20-15-11-21-8-6-12(15)7-9-21/h2-5,10,12,15H,6-9,11H2,1H3,(H,20,22)/t15-/m0/s1. The molecule has 1 amide bonds. The molecular formula is C18H21N3O3S. The summed E-state index contributed by atoms with van der Waals surface area (Å²) in [5.41, 5.74) is 0.653. The zero-order valence-electron chi connectivity index (χ0n) is 14.1. The summed E-state index contributed by atoms with van der Waals surface area (Å²) >= 11 is 1.33. The van der Waals surface area contributed by atoms with Crippen LogP contribution in [0.2, 0.25) is 0 Å². The van der Waals surface area contributed by atoms with Crippen LogP contribution in [0.3, 0.4) is 0 Å². The van der Waals surface area contributed by atoms with Gasteiger partial charge >= 0.3 is 0 Å². The molecule has 0 aliphatic carbocycles. The van der Waals surface area contributed by atoms with Gasteiger partial charge in [0, 0.05) is 18.2 Å². The summed E-state index contributed by atoms with van der Waals surface area (Å²) in [6, 6.07) is 7.43. The normalized spacial score (nSPS) is 24.8. The fourth-order valence-electron chi connectivity index (χ4n) is 3.54. The Balaban J connectivity index is 1.37. The molecule has 2 aromatic rings. The first kappa shape index (κ1) is 16.4. The van der Waals surface area contributed by atoms with Gasteiger partial charge < -0.3 is 19.7 Å². The summed E-state index contributed by atoms with van der Waals surface area (Å²) in [6.07, 6.45) is 4.00. The molecule has 1 atom stereocenters. The highest BCUT2D eigenvalue weighted by molar-refractivity contribution is 7.15. The van der Waals surface area contributed by atoms with Gasteiger partial charge in [-0.1, -0.05) is 0 Å². The number of carbonyl (C=O) groups is 1. The maximum Gasteiger partial charge on any atom is 0.282 e. The fraction of sp³-hybridized carbons (Fsp3) is 0.444. The van der Waals surface area contributed by atoms with Crippen LogP contribution in [-0.2, 0) is 0 Å². The molecule has 2 bridgehead atoms. The molecule has 3 aliphatic rings. The number of benzene rings is 1. The number of thiazole rings is 1. The maximum atomic E-state index is 12.5. The monoisotopic (exact) mass is 359 g/mol. The quantitative estimate of drug-likeness (QED) is 0.889. The molecule has 132 valence electrons. The largest absolute Gasteiger partial charge is 0.486 e. The molecule has 5 rings (SSSR count). The number of hydrogen-bond donors (Lipinski definition) is 1. The van der Waals surface area contributed by atoms with Crippen molar-refractivity contribution < 1.29 is 14.3 Å². The average molecular weight is 359 g/mol. The Morgan fingerprint density at radius 1 is 1.28 bits per heavy atom. The minimum atomic E-state index is -0.0128.